The number of thiophene rings is 1. The smallest absolute Gasteiger partial charge is 0.337 e. The average Bonchev–Trinajstić information content (AvgIpc) is 2.58. The number of carbonyl (C=O) groups is 1. The first-order chi connectivity index (χ1) is 6.61. The summed E-state index contributed by atoms with van der Waals surface area (Å²) in [5.41, 5.74) is 0.168. The van der Waals surface area contributed by atoms with E-state index in [4.69, 9.17) is 16.7 Å². The van der Waals surface area contributed by atoms with Crippen molar-refractivity contribution in [2.24, 2.45) is 0 Å². The molecule has 5 heteroatoms. The number of benzene rings is 1. The Kier molecular flexibility index (Phi) is 2.68. The lowest BCUT2D eigenvalue weighted by molar-refractivity contribution is 0.0697. The van der Waals surface area contributed by atoms with Crippen LogP contribution in [0.25, 0.3) is 10.1 Å². The fraction of sp³-hybridized carbons (Fsp3) is 0. The van der Waals surface area contributed by atoms with Crippen LogP contribution in [0, 0.1) is 3.57 Å². The van der Waals surface area contributed by atoms with Crippen LogP contribution in [0.5, 0.6) is 0 Å². The van der Waals surface area contributed by atoms with Crippen molar-refractivity contribution in [3.63, 3.8) is 0 Å². The van der Waals surface area contributed by atoms with Crippen LogP contribution in [0.1, 0.15) is 10.4 Å². The number of hydrogen-bond acceptors (Lipinski definition) is 2. The van der Waals surface area contributed by atoms with Gasteiger partial charge in [-0.05, 0) is 45.5 Å². The van der Waals surface area contributed by atoms with E-state index in [1.807, 2.05) is 11.4 Å². The van der Waals surface area contributed by atoms with Crippen molar-refractivity contribution in [3.05, 3.63) is 31.7 Å². The van der Waals surface area contributed by atoms with Crippen molar-refractivity contribution >= 4 is 61.6 Å². The summed E-state index contributed by atoms with van der Waals surface area (Å²) in [6.45, 7) is 0. The van der Waals surface area contributed by atoms with Gasteiger partial charge >= 0.3 is 5.97 Å². The Morgan fingerprint density at radius 3 is 2.93 bits per heavy atom. The average molecular weight is 339 g/mol. The standard InChI is InChI=1S/C9H4ClIO2S/c10-6-5(9(12)13)3-4-1-2-14-8(4)7(6)11/h1-3H,(H,12,13). The van der Waals surface area contributed by atoms with E-state index in [2.05, 4.69) is 22.6 Å². The second-order valence-corrected chi connectivity index (χ2v) is 5.07. The molecule has 0 aliphatic carbocycles. The van der Waals surface area contributed by atoms with Gasteiger partial charge in [0.2, 0.25) is 0 Å². The first-order valence-corrected chi connectivity index (χ1v) is 6.03. The molecule has 72 valence electrons. The Labute approximate surface area is 103 Å². The number of rotatable bonds is 1. The van der Waals surface area contributed by atoms with E-state index in [0.29, 0.717) is 5.02 Å². The zero-order valence-corrected chi connectivity index (χ0v) is 10.5. The van der Waals surface area contributed by atoms with E-state index in [0.717, 1.165) is 13.7 Å². The molecule has 0 bridgehead atoms. The Balaban J connectivity index is 2.87. The van der Waals surface area contributed by atoms with Crippen LogP contribution in [0.3, 0.4) is 0 Å². The van der Waals surface area contributed by atoms with E-state index >= 15 is 0 Å². The Bertz CT molecular complexity index is 521. The minimum Gasteiger partial charge on any atom is -0.478 e. The summed E-state index contributed by atoms with van der Waals surface area (Å²) in [6, 6.07) is 3.50. The van der Waals surface area contributed by atoms with Gasteiger partial charge in [0.05, 0.1) is 14.2 Å². The minimum atomic E-state index is -0.985. The van der Waals surface area contributed by atoms with Gasteiger partial charge in [-0.2, -0.15) is 0 Å². The minimum absolute atomic E-state index is 0.168. The molecule has 1 heterocycles. The van der Waals surface area contributed by atoms with Gasteiger partial charge in [0.15, 0.2) is 0 Å². The quantitative estimate of drug-likeness (QED) is 0.802. The van der Waals surface area contributed by atoms with Crippen molar-refractivity contribution in [2.75, 3.05) is 0 Å². The van der Waals surface area contributed by atoms with E-state index in [-0.39, 0.29) is 5.56 Å². The highest BCUT2D eigenvalue weighted by Gasteiger charge is 2.15. The first-order valence-electron chi connectivity index (χ1n) is 3.69. The summed E-state index contributed by atoms with van der Waals surface area (Å²) in [5, 5.41) is 12.1. The number of aromatic carboxylic acids is 1. The predicted molar refractivity (Wildman–Crippen MR) is 66.5 cm³/mol. The molecule has 2 aromatic rings. The summed E-state index contributed by atoms with van der Waals surface area (Å²) >= 11 is 9.58. The highest BCUT2D eigenvalue weighted by Crippen LogP contribution is 2.34. The molecule has 0 atom stereocenters. The Morgan fingerprint density at radius 2 is 2.29 bits per heavy atom. The molecule has 0 saturated heterocycles. The molecule has 1 aromatic heterocycles. The van der Waals surface area contributed by atoms with Gasteiger partial charge in [0.25, 0.3) is 0 Å². The van der Waals surface area contributed by atoms with Gasteiger partial charge in [-0.1, -0.05) is 11.6 Å². The fourth-order valence-electron chi connectivity index (χ4n) is 1.20. The molecule has 2 rings (SSSR count). The summed E-state index contributed by atoms with van der Waals surface area (Å²) in [5.74, 6) is -0.985. The van der Waals surface area contributed by atoms with Gasteiger partial charge < -0.3 is 5.11 Å². The molecule has 1 N–H and O–H groups in total. The second-order valence-electron chi connectivity index (χ2n) is 2.70. The molecule has 0 spiro atoms. The third kappa shape index (κ3) is 1.51. The van der Waals surface area contributed by atoms with E-state index < -0.39 is 5.97 Å². The number of fused-ring (bicyclic) bond motifs is 1. The van der Waals surface area contributed by atoms with Gasteiger partial charge in [-0.25, -0.2) is 4.79 Å². The maximum absolute atomic E-state index is 10.9. The highest BCUT2D eigenvalue weighted by molar-refractivity contribution is 14.1. The van der Waals surface area contributed by atoms with E-state index in [9.17, 15) is 4.79 Å². The molecule has 0 fully saturated rings. The number of hydrogen-bond donors (Lipinski definition) is 1. The van der Waals surface area contributed by atoms with E-state index in [1.54, 1.807) is 17.4 Å². The van der Waals surface area contributed by atoms with Crippen LogP contribution in [0.2, 0.25) is 5.02 Å². The maximum Gasteiger partial charge on any atom is 0.337 e. The number of carboxylic acids is 1. The van der Waals surface area contributed by atoms with Gasteiger partial charge in [0, 0.05) is 4.70 Å². The molecule has 0 amide bonds. The molecule has 0 aliphatic rings. The molecule has 14 heavy (non-hydrogen) atoms. The summed E-state index contributed by atoms with van der Waals surface area (Å²) in [4.78, 5) is 10.9. The lowest BCUT2D eigenvalue weighted by Gasteiger charge is -2.02. The van der Waals surface area contributed by atoms with Crippen molar-refractivity contribution in [2.45, 2.75) is 0 Å². The third-order valence-corrected chi connectivity index (χ3v) is 4.96. The zero-order chi connectivity index (χ0) is 10.3. The first kappa shape index (κ1) is 10.2. The Morgan fingerprint density at radius 1 is 1.57 bits per heavy atom. The van der Waals surface area contributed by atoms with Gasteiger partial charge in [0.1, 0.15) is 0 Å². The van der Waals surface area contributed by atoms with Crippen molar-refractivity contribution in [1.82, 2.24) is 0 Å². The molecule has 2 nitrogen and oxygen atoms in total. The zero-order valence-electron chi connectivity index (χ0n) is 6.75. The topological polar surface area (TPSA) is 37.3 Å². The lowest BCUT2D eigenvalue weighted by atomic mass is 10.2. The number of halogens is 2. The molecule has 0 unspecified atom stereocenters. The van der Waals surface area contributed by atoms with Crippen molar-refractivity contribution < 1.29 is 9.90 Å². The van der Waals surface area contributed by atoms with Crippen LogP contribution in [0.15, 0.2) is 17.5 Å². The van der Waals surface area contributed by atoms with Crippen LogP contribution in [-0.2, 0) is 0 Å². The largest absolute Gasteiger partial charge is 0.478 e. The highest BCUT2D eigenvalue weighted by atomic mass is 127. The number of carboxylic acid groups (broad SMARTS) is 1. The summed E-state index contributed by atoms with van der Waals surface area (Å²) in [7, 11) is 0. The normalized spacial score (nSPS) is 10.7. The van der Waals surface area contributed by atoms with Gasteiger partial charge in [-0.3, -0.25) is 0 Å². The van der Waals surface area contributed by atoms with E-state index in [1.165, 1.54) is 0 Å². The molecule has 1 aromatic carbocycles. The lowest BCUT2D eigenvalue weighted by Crippen LogP contribution is -1.98. The van der Waals surface area contributed by atoms with Crippen LogP contribution < -0.4 is 0 Å². The Hall–Kier alpha value is -0.330. The molecular formula is C9H4ClIO2S. The predicted octanol–water partition coefficient (Wildman–Crippen LogP) is 3.86. The summed E-state index contributed by atoms with van der Waals surface area (Å²) < 4.78 is 1.86. The van der Waals surface area contributed by atoms with Crippen LogP contribution in [0.4, 0.5) is 0 Å². The van der Waals surface area contributed by atoms with Crippen LogP contribution in [-0.4, -0.2) is 11.1 Å². The molecule has 0 radical (unpaired) electrons. The molecule has 0 saturated carbocycles. The van der Waals surface area contributed by atoms with Crippen molar-refractivity contribution in [1.29, 1.82) is 0 Å². The maximum atomic E-state index is 10.9. The monoisotopic (exact) mass is 338 g/mol. The third-order valence-electron chi connectivity index (χ3n) is 1.85. The fourth-order valence-corrected chi connectivity index (χ4v) is 3.29. The van der Waals surface area contributed by atoms with Crippen LogP contribution >= 0.6 is 45.5 Å². The SMILES string of the molecule is O=C(O)c1cc2ccsc2c(I)c1Cl. The van der Waals surface area contributed by atoms with Crippen molar-refractivity contribution in [3.8, 4) is 0 Å². The second kappa shape index (κ2) is 3.67. The summed E-state index contributed by atoms with van der Waals surface area (Å²) in [6.07, 6.45) is 0. The van der Waals surface area contributed by atoms with Gasteiger partial charge in [-0.15, -0.1) is 11.3 Å². The molecule has 0 aliphatic heterocycles. The molecular weight excluding hydrogens is 335 g/mol.